The van der Waals surface area contributed by atoms with Gasteiger partial charge in [0.2, 0.25) is 0 Å². The molecule has 5 heteroatoms. The molecule has 118 valence electrons. The van der Waals surface area contributed by atoms with Gasteiger partial charge in [-0.05, 0) is 18.6 Å². The van der Waals surface area contributed by atoms with E-state index in [0.717, 1.165) is 0 Å². The minimum Gasteiger partial charge on any atom is -0.488 e. The van der Waals surface area contributed by atoms with Crippen LogP contribution >= 0.6 is 11.6 Å². The van der Waals surface area contributed by atoms with Gasteiger partial charge in [0.25, 0.3) is 0 Å². The standard InChI is InChI=1S/C18H15ClO4/c1-2-14-15(18(21)22)12-8-11(19)9-13(17(12)23-14)16(20)10-6-4-3-5-7-10/h3-9,14-15H,2H2,1H3,(H,21,22). The normalized spacial score (nSPS) is 19.0. The van der Waals surface area contributed by atoms with Gasteiger partial charge < -0.3 is 9.84 Å². The number of carbonyl (C=O) groups is 2. The van der Waals surface area contributed by atoms with E-state index in [0.29, 0.717) is 33.9 Å². The summed E-state index contributed by atoms with van der Waals surface area (Å²) < 4.78 is 5.80. The minimum absolute atomic E-state index is 0.231. The van der Waals surface area contributed by atoms with Crippen LogP contribution in [0.25, 0.3) is 0 Å². The van der Waals surface area contributed by atoms with Crippen LogP contribution in [0.5, 0.6) is 5.75 Å². The van der Waals surface area contributed by atoms with Crippen LogP contribution in [0, 0.1) is 0 Å². The van der Waals surface area contributed by atoms with Crippen molar-refractivity contribution in [1.82, 2.24) is 0 Å². The van der Waals surface area contributed by atoms with Gasteiger partial charge in [0.15, 0.2) is 5.78 Å². The Bertz CT molecular complexity index is 770. The van der Waals surface area contributed by atoms with Crippen LogP contribution in [0.3, 0.4) is 0 Å². The van der Waals surface area contributed by atoms with E-state index in [9.17, 15) is 14.7 Å². The highest BCUT2D eigenvalue weighted by molar-refractivity contribution is 6.31. The van der Waals surface area contributed by atoms with Crippen molar-refractivity contribution in [1.29, 1.82) is 0 Å². The molecule has 1 aliphatic heterocycles. The van der Waals surface area contributed by atoms with E-state index in [4.69, 9.17) is 16.3 Å². The largest absolute Gasteiger partial charge is 0.488 e. The number of hydrogen-bond acceptors (Lipinski definition) is 3. The van der Waals surface area contributed by atoms with Crippen LogP contribution < -0.4 is 4.74 Å². The maximum atomic E-state index is 12.7. The lowest BCUT2D eigenvalue weighted by atomic mass is 9.91. The second kappa shape index (κ2) is 6.05. The van der Waals surface area contributed by atoms with E-state index >= 15 is 0 Å². The van der Waals surface area contributed by atoms with Crippen LogP contribution in [-0.4, -0.2) is 23.0 Å². The monoisotopic (exact) mass is 330 g/mol. The highest BCUT2D eigenvalue weighted by Crippen LogP contribution is 2.44. The molecule has 3 rings (SSSR count). The summed E-state index contributed by atoms with van der Waals surface area (Å²) in [7, 11) is 0. The fourth-order valence-corrected chi connectivity index (χ4v) is 3.15. The van der Waals surface area contributed by atoms with Crippen LogP contribution in [0.15, 0.2) is 42.5 Å². The van der Waals surface area contributed by atoms with Crippen molar-refractivity contribution in [3.8, 4) is 5.75 Å². The average molecular weight is 331 g/mol. The number of halogens is 1. The molecular weight excluding hydrogens is 316 g/mol. The molecule has 0 saturated carbocycles. The van der Waals surface area contributed by atoms with Gasteiger partial charge in [-0.25, -0.2) is 0 Å². The lowest BCUT2D eigenvalue weighted by molar-refractivity contribution is -0.140. The van der Waals surface area contributed by atoms with E-state index in [2.05, 4.69) is 0 Å². The Morgan fingerprint density at radius 3 is 2.52 bits per heavy atom. The molecule has 0 aliphatic carbocycles. The number of rotatable bonds is 4. The van der Waals surface area contributed by atoms with Gasteiger partial charge in [0.1, 0.15) is 17.8 Å². The van der Waals surface area contributed by atoms with E-state index in [1.807, 2.05) is 13.0 Å². The maximum absolute atomic E-state index is 12.7. The zero-order valence-electron chi connectivity index (χ0n) is 12.5. The molecule has 2 unspecified atom stereocenters. The summed E-state index contributed by atoms with van der Waals surface area (Å²) in [5.74, 6) is -1.68. The summed E-state index contributed by atoms with van der Waals surface area (Å²) in [6.07, 6.45) is 0.0330. The molecule has 0 amide bonds. The Hall–Kier alpha value is -2.33. The summed E-state index contributed by atoms with van der Waals surface area (Å²) >= 11 is 6.12. The van der Waals surface area contributed by atoms with Crippen molar-refractivity contribution < 1.29 is 19.4 Å². The third kappa shape index (κ3) is 2.70. The van der Waals surface area contributed by atoms with Crippen molar-refractivity contribution in [3.05, 3.63) is 64.2 Å². The molecular formula is C18H15ClO4. The number of aliphatic carboxylic acids is 1. The Labute approximate surface area is 138 Å². The third-order valence-corrected chi connectivity index (χ3v) is 4.23. The van der Waals surface area contributed by atoms with E-state index < -0.39 is 18.0 Å². The molecule has 1 heterocycles. The molecule has 0 spiro atoms. The van der Waals surface area contributed by atoms with Crippen LogP contribution in [0.4, 0.5) is 0 Å². The van der Waals surface area contributed by atoms with E-state index in [1.54, 1.807) is 30.3 Å². The third-order valence-electron chi connectivity index (χ3n) is 4.01. The first-order valence-corrected chi connectivity index (χ1v) is 7.73. The fraction of sp³-hybridized carbons (Fsp3) is 0.222. The minimum atomic E-state index is -0.976. The second-order valence-electron chi connectivity index (χ2n) is 5.45. The van der Waals surface area contributed by atoms with Crippen molar-refractivity contribution in [2.75, 3.05) is 0 Å². The van der Waals surface area contributed by atoms with Gasteiger partial charge in [-0.15, -0.1) is 0 Å². The number of benzene rings is 2. The van der Waals surface area contributed by atoms with Gasteiger partial charge in [-0.1, -0.05) is 48.9 Å². The lowest BCUT2D eigenvalue weighted by Crippen LogP contribution is -2.24. The van der Waals surface area contributed by atoms with Crippen LogP contribution in [0.2, 0.25) is 5.02 Å². The first-order chi connectivity index (χ1) is 11.0. The Balaban J connectivity index is 2.13. The summed E-state index contributed by atoms with van der Waals surface area (Å²) in [6.45, 7) is 1.85. The highest BCUT2D eigenvalue weighted by atomic mass is 35.5. The van der Waals surface area contributed by atoms with Gasteiger partial charge >= 0.3 is 5.97 Å². The van der Waals surface area contributed by atoms with Crippen LogP contribution in [0.1, 0.15) is 40.7 Å². The molecule has 0 bridgehead atoms. The highest BCUT2D eigenvalue weighted by Gasteiger charge is 2.41. The number of carbonyl (C=O) groups excluding carboxylic acids is 1. The molecule has 23 heavy (non-hydrogen) atoms. The molecule has 0 radical (unpaired) electrons. The van der Waals surface area contributed by atoms with Gasteiger partial charge in [-0.3, -0.25) is 9.59 Å². The lowest BCUT2D eigenvalue weighted by Gasteiger charge is -2.12. The van der Waals surface area contributed by atoms with Crippen molar-refractivity contribution in [2.45, 2.75) is 25.4 Å². The molecule has 2 aromatic rings. The summed E-state index contributed by atoms with van der Waals surface area (Å²) in [4.78, 5) is 24.3. The first-order valence-electron chi connectivity index (χ1n) is 7.35. The predicted molar refractivity (Wildman–Crippen MR) is 86.4 cm³/mol. The summed E-state index contributed by atoms with van der Waals surface area (Å²) in [5, 5.41) is 9.82. The predicted octanol–water partition coefficient (Wildman–Crippen LogP) is 3.91. The molecule has 0 aromatic heterocycles. The summed E-state index contributed by atoms with van der Waals surface area (Å²) in [5.41, 5.74) is 1.28. The molecule has 4 nitrogen and oxygen atoms in total. The topological polar surface area (TPSA) is 63.6 Å². The maximum Gasteiger partial charge on any atom is 0.314 e. The Morgan fingerprint density at radius 1 is 1.22 bits per heavy atom. The number of carboxylic acid groups (broad SMARTS) is 1. The molecule has 0 saturated heterocycles. The quantitative estimate of drug-likeness (QED) is 0.863. The van der Waals surface area contributed by atoms with E-state index in [-0.39, 0.29) is 5.78 Å². The Morgan fingerprint density at radius 2 is 1.91 bits per heavy atom. The number of carboxylic acids is 1. The fourth-order valence-electron chi connectivity index (χ4n) is 2.92. The van der Waals surface area contributed by atoms with E-state index in [1.165, 1.54) is 6.07 Å². The van der Waals surface area contributed by atoms with Crippen molar-refractivity contribution in [2.24, 2.45) is 0 Å². The summed E-state index contributed by atoms with van der Waals surface area (Å²) in [6, 6.07) is 11.9. The van der Waals surface area contributed by atoms with Gasteiger partial charge in [0, 0.05) is 16.1 Å². The molecule has 0 fully saturated rings. The molecule has 2 atom stereocenters. The molecule has 2 aromatic carbocycles. The second-order valence-corrected chi connectivity index (χ2v) is 5.88. The number of hydrogen-bond donors (Lipinski definition) is 1. The molecule has 1 aliphatic rings. The average Bonchev–Trinajstić information content (AvgIpc) is 2.92. The number of ketones is 1. The first kappa shape index (κ1) is 15.6. The SMILES string of the molecule is CCC1Oc2c(C(=O)c3ccccc3)cc(Cl)cc2C1C(=O)O. The molecule has 1 N–H and O–H groups in total. The van der Waals surface area contributed by atoms with Crippen molar-refractivity contribution in [3.63, 3.8) is 0 Å². The zero-order valence-corrected chi connectivity index (χ0v) is 13.2. The zero-order chi connectivity index (χ0) is 16.6. The number of fused-ring (bicyclic) bond motifs is 1. The van der Waals surface area contributed by atoms with Gasteiger partial charge in [0.05, 0.1) is 5.56 Å². The van der Waals surface area contributed by atoms with Gasteiger partial charge in [-0.2, -0.15) is 0 Å². The Kier molecular flexibility index (Phi) is 4.09. The van der Waals surface area contributed by atoms with Crippen molar-refractivity contribution >= 4 is 23.4 Å². The number of ether oxygens (including phenoxy) is 1. The van der Waals surface area contributed by atoms with Crippen LogP contribution in [-0.2, 0) is 4.79 Å². The smallest absolute Gasteiger partial charge is 0.314 e.